The topological polar surface area (TPSA) is 38.5 Å². The molecule has 0 spiro atoms. The number of nitrogens with two attached hydrogens (primary N) is 1. The summed E-state index contributed by atoms with van der Waals surface area (Å²) in [5.41, 5.74) is 6.93. The molecule has 0 saturated heterocycles. The maximum Gasteiger partial charge on any atom is 0.120 e. The number of anilines is 1. The lowest BCUT2D eigenvalue weighted by Crippen LogP contribution is -2.36. The molecule has 0 aromatic heterocycles. The van der Waals surface area contributed by atoms with E-state index in [1.54, 1.807) is 7.11 Å². The average Bonchev–Trinajstić information content (AvgIpc) is 2.28. The van der Waals surface area contributed by atoms with Crippen LogP contribution in [0.15, 0.2) is 23.1 Å². The van der Waals surface area contributed by atoms with Crippen molar-refractivity contribution >= 4 is 17.4 Å². The van der Waals surface area contributed by atoms with Crippen molar-refractivity contribution in [1.82, 2.24) is 0 Å². The van der Waals surface area contributed by atoms with Crippen LogP contribution in [0.1, 0.15) is 6.92 Å². The van der Waals surface area contributed by atoms with Crippen molar-refractivity contribution in [3.8, 4) is 5.75 Å². The van der Waals surface area contributed by atoms with Crippen molar-refractivity contribution in [2.24, 2.45) is 5.73 Å². The average molecular weight is 238 g/mol. The molecule has 0 aliphatic carbocycles. The van der Waals surface area contributed by atoms with Crippen molar-refractivity contribution in [2.75, 3.05) is 31.6 Å². The zero-order chi connectivity index (χ0) is 11.5. The number of hydrogen-bond acceptors (Lipinski definition) is 4. The standard InChI is InChI=1S/C12H18N2OS/c1-9-8-14(6-5-13)11-4-3-10(15-2)7-12(11)16-9/h3-4,7,9H,5-6,8,13H2,1-2H3. The van der Waals surface area contributed by atoms with Gasteiger partial charge < -0.3 is 15.4 Å². The van der Waals surface area contributed by atoms with Crippen LogP contribution in [0.2, 0.25) is 0 Å². The monoisotopic (exact) mass is 238 g/mol. The van der Waals surface area contributed by atoms with Crippen LogP contribution >= 0.6 is 11.8 Å². The molecule has 16 heavy (non-hydrogen) atoms. The molecule has 1 atom stereocenters. The molecular weight excluding hydrogens is 220 g/mol. The molecule has 0 saturated carbocycles. The Hall–Kier alpha value is -0.870. The van der Waals surface area contributed by atoms with Crippen LogP contribution < -0.4 is 15.4 Å². The molecule has 1 aromatic rings. The highest BCUT2D eigenvalue weighted by molar-refractivity contribution is 8.00. The number of nitrogens with zero attached hydrogens (tertiary/aromatic N) is 1. The molecule has 1 aliphatic rings. The molecule has 1 aliphatic heterocycles. The Kier molecular flexibility index (Phi) is 3.61. The van der Waals surface area contributed by atoms with E-state index in [0.29, 0.717) is 11.8 Å². The van der Waals surface area contributed by atoms with E-state index in [1.807, 2.05) is 17.8 Å². The summed E-state index contributed by atoms with van der Waals surface area (Å²) in [5, 5.41) is 0.603. The first-order valence-corrected chi connectivity index (χ1v) is 6.42. The Labute approximate surface area is 101 Å². The van der Waals surface area contributed by atoms with E-state index in [9.17, 15) is 0 Å². The Morgan fingerprint density at radius 3 is 3.06 bits per heavy atom. The highest BCUT2D eigenvalue weighted by Crippen LogP contribution is 2.40. The van der Waals surface area contributed by atoms with E-state index >= 15 is 0 Å². The first-order valence-electron chi connectivity index (χ1n) is 5.54. The normalized spacial score (nSPS) is 19.4. The van der Waals surface area contributed by atoms with Crippen LogP contribution in [-0.2, 0) is 0 Å². The summed E-state index contributed by atoms with van der Waals surface area (Å²) in [6.45, 7) is 4.94. The van der Waals surface area contributed by atoms with Gasteiger partial charge in [0.2, 0.25) is 0 Å². The van der Waals surface area contributed by atoms with Crippen LogP contribution in [0.4, 0.5) is 5.69 Å². The number of methoxy groups -OCH3 is 1. The van der Waals surface area contributed by atoms with Crippen LogP contribution in [-0.4, -0.2) is 32.0 Å². The van der Waals surface area contributed by atoms with E-state index in [1.165, 1.54) is 10.6 Å². The number of ether oxygens (including phenoxy) is 1. The van der Waals surface area contributed by atoms with Gasteiger partial charge in [0.25, 0.3) is 0 Å². The molecule has 0 fully saturated rings. The molecule has 1 heterocycles. The van der Waals surface area contributed by atoms with Gasteiger partial charge in [-0.05, 0) is 18.2 Å². The zero-order valence-corrected chi connectivity index (χ0v) is 10.6. The van der Waals surface area contributed by atoms with Crippen molar-refractivity contribution < 1.29 is 4.74 Å². The first kappa shape index (κ1) is 11.6. The predicted molar refractivity (Wildman–Crippen MR) is 69.6 cm³/mol. The third-order valence-corrected chi connectivity index (χ3v) is 3.84. The fourth-order valence-electron chi connectivity index (χ4n) is 2.01. The minimum Gasteiger partial charge on any atom is -0.497 e. The number of hydrogen-bond donors (Lipinski definition) is 1. The Bertz CT molecular complexity index is 370. The predicted octanol–water partition coefficient (Wildman–Crippen LogP) is 1.95. The summed E-state index contributed by atoms with van der Waals surface area (Å²) in [6.07, 6.45) is 0. The molecule has 2 rings (SSSR count). The highest BCUT2D eigenvalue weighted by atomic mass is 32.2. The van der Waals surface area contributed by atoms with Gasteiger partial charge in [0.15, 0.2) is 0 Å². The molecular formula is C12H18N2OS. The fourth-order valence-corrected chi connectivity index (χ4v) is 3.20. The van der Waals surface area contributed by atoms with Gasteiger partial charge in [0.1, 0.15) is 5.75 Å². The van der Waals surface area contributed by atoms with E-state index < -0.39 is 0 Å². The molecule has 1 unspecified atom stereocenters. The van der Waals surface area contributed by atoms with Crippen molar-refractivity contribution in [3.05, 3.63) is 18.2 Å². The van der Waals surface area contributed by atoms with Crippen LogP contribution in [0, 0.1) is 0 Å². The highest BCUT2D eigenvalue weighted by Gasteiger charge is 2.22. The molecule has 0 amide bonds. The second kappa shape index (κ2) is 4.97. The molecule has 0 bridgehead atoms. The van der Waals surface area contributed by atoms with Crippen LogP contribution in [0.25, 0.3) is 0 Å². The smallest absolute Gasteiger partial charge is 0.120 e. The Morgan fingerprint density at radius 2 is 2.38 bits per heavy atom. The summed E-state index contributed by atoms with van der Waals surface area (Å²) in [5.74, 6) is 0.924. The summed E-state index contributed by atoms with van der Waals surface area (Å²) >= 11 is 1.91. The molecule has 88 valence electrons. The number of rotatable bonds is 3. The Balaban J connectivity index is 2.31. The summed E-state index contributed by atoms with van der Waals surface area (Å²) < 4.78 is 5.25. The van der Waals surface area contributed by atoms with Crippen molar-refractivity contribution in [1.29, 1.82) is 0 Å². The largest absolute Gasteiger partial charge is 0.497 e. The van der Waals surface area contributed by atoms with Gasteiger partial charge in [-0.25, -0.2) is 0 Å². The van der Waals surface area contributed by atoms with Crippen molar-refractivity contribution in [2.45, 2.75) is 17.1 Å². The van der Waals surface area contributed by atoms with E-state index in [2.05, 4.69) is 24.0 Å². The maximum atomic E-state index is 5.64. The second-order valence-corrected chi connectivity index (χ2v) is 5.48. The quantitative estimate of drug-likeness (QED) is 0.873. The molecule has 0 radical (unpaired) electrons. The van der Waals surface area contributed by atoms with E-state index in [4.69, 9.17) is 10.5 Å². The van der Waals surface area contributed by atoms with Gasteiger partial charge in [0, 0.05) is 29.8 Å². The lowest BCUT2D eigenvalue weighted by atomic mass is 10.2. The number of benzene rings is 1. The van der Waals surface area contributed by atoms with Gasteiger partial charge in [-0.15, -0.1) is 11.8 Å². The SMILES string of the molecule is COc1ccc2c(c1)SC(C)CN2CCN. The van der Waals surface area contributed by atoms with Gasteiger partial charge in [-0.2, -0.15) is 0 Å². The molecule has 3 nitrogen and oxygen atoms in total. The second-order valence-electron chi connectivity index (χ2n) is 4.00. The fraction of sp³-hybridized carbons (Fsp3) is 0.500. The minimum absolute atomic E-state index is 0.603. The summed E-state index contributed by atoms with van der Waals surface area (Å²) in [6, 6.07) is 6.25. The van der Waals surface area contributed by atoms with Crippen molar-refractivity contribution in [3.63, 3.8) is 0 Å². The zero-order valence-electron chi connectivity index (χ0n) is 9.77. The van der Waals surface area contributed by atoms with Gasteiger partial charge >= 0.3 is 0 Å². The summed E-state index contributed by atoms with van der Waals surface area (Å²) in [4.78, 5) is 3.65. The minimum atomic E-state index is 0.603. The number of thioether (sulfide) groups is 1. The first-order chi connectivity index (χ1) is 7.74. The van der Waals surface area contributed by atoms with Crippen LogP contribution in [0.5, 0.6) is 5.75 Å². The molecule has 2 N–H and O–H groups in total. The van der Waals surface area contributed by atoms with Crippen LogP contribution in [0.3, 0.4) is 0 Å². The Morgan fingerprint density at radius 1 is 1.56 bits per heavy atom. The lowest BCUT2D eigenvalue weighted by Gasteiger charge is -2.34. The van der Waals surface area contributed by atoms with E-state index in [0.717, 1.165) is 18.8 Å². The van der Waals surface area contributed by atoms with Gasteiger partial charge in [0.05, 0.1) is 12.8 Å². The third-order valence-electron chi connectivity index (χ3n) is 2.71. The molecule has 1 aromatic carbocycles. The number of fused-ring (bicyclic) bond motifs is 1. The molecule has 4 heteroatoms. The van der Waals surface area contributed by atoms with Gasteiger partial charge in [-0.3, -0.25) is 0 Å². The lowest BCUT2D eigenvalue weighted by molar-refractivity contribution is 0.413. The third kappa shape index (κ3) is 2.28. The van der Waals surface area contributed by atoms with Gasteiger partial charge in [-0.1, -0.05) is 6.92 Å². The summed E-state index contributed by atoms with van der Waals surface area (Å²) in [7, 11) is 1.70. The maximum absolute atomic E-state index is 5.64. The van der Waals surface area contributed by atoms with E-state index in [-0.39, 0.29) is 0 Å².